The van der Waals surface area contributed by atoms with Crippen LogP contribution in [0.15, 0.2) is 97.1 Å². The van der Waals surface area contributed by atoms with Gasteiger partial charge in [-0.3, -0.25) is 0 Å². The van der Waals surface area contributed by atoms with Crippen LogP contribution in [-0.2, 0) is 31.6 Å². The predicted octanol–water partition coefficient (Wildman–Crippen LogP) is 3.90. The van der Waals surface area contributed by atoms with Gasteiger partial charge in [0.05, 0.1) is 5.41 Å². The molecule has 4 aromatic carbocycles. The maximum absolute atomic E-state index is 6.32. The standard InChI is InChI=1S/C29H32N4/c30-17-21-9-1-5-13-25(21)29(26-14-6-2-10-22(26)18-31,27-15-7-3-11-23(27)19-32)28-16-8-4-12-24(28)20-33/h1-16H,17-20,30-33H2. The van der Waals surface area contributed by atoms with Crippen LogP contribution in [0.2, 0.25) is 0 Å². The van der Waals surface area contributed by atoms with E-state index < -0.39 is 5.41 Å². The van der Waals surface area contributed by atoms with Gasteiger partial charge in [-0.2, -0.15) is 0 Å². The van der Waals surface area contributed by atoms with Crippen molar-refractivity contribution in [1.29, 1.82) is 0 Å². The fourth-order valence-electron chi connectivity index (χ4n) is 5.13. The Morgan fingerprint density at radius 3 is 0.788 bits per heavy atom. The second kappa shape index (κ2) is 10.1. The summed E-state index contributed by atoms with van der Waals surface area (Å²) in [7, 11) is 0. The number of hydrogen-bond acceptors (Lipinski definition) is 4. The van der Waals surface area contributed by atoms with E-state index in [0.29, 0.717) is 26.2 Å². The Morgan fingerprint density at radius 2 is 0.576 bits per heavy atom. The van der Waals surface area contributed by atoms with E-state index in [4.69, 9.17) is 22.9 Å². The van der Waals surface area contributed by atoms with Crippen molar-refractivity contribution >= 4 is 0 Å². The van der Waals surface area contributed by atoms with Crippen LogP contribution in [-0.4, -0.2) is 0 Å². The first-order valence-corrected chi connectivity index (χ1v) is 11.4. The van der Waals surface area contributed by atoms with Gasteiger partial charge in [0, 0.05) is 26.2 Å². The molecule has 0 aliphatic rings. The minimum atomic E-state index is -0.683. The molecule has 0 radical (unpaired) electrons. The molecular weight excluding hydrogens is 404 g/mol. The number of benzene rings is 4. The second-order valence-corrected chi connectivity index (χ2v) is 8.20. The smallest absolute Gasteiger partial charge is 0.0714 e. The van der Waals surface area contributed by atoms with Crippen LogP contribution in [0.25, 0.3) is 0 Å². The first-order chi connectivity index (χ1) is 16.2. The molecule has 0 atom stereocenters. The average Bonchev–Trinajstić information content (AvgIpc) is 2.90. The zero-order chi connectivity index (χ0) is 23.3. The molecule has 4 aromatic rings. The predicted molar refractivity (Wildman–Crippen MR) is 136 cm³/mol. The molecule has 0 spiro atoms. The lowest BCUT2D eigenvalue weighted by molar-refractivity contribution is 0.695. The van der Waals surface area contributed by atoms with Crippen molar-refractivity contribution in [2.24, 2.45) is 22.9 Å². The quantitative estimate of drug-likeness (QED) is 0.314. The Balaban J connectivity index is 2.30. The molecule has 168 valence electrons. The maximum atomic E-state index is 6.32. The van der Waals surface area contributed by atoms with E-state index in [1.165, 1.54) is 0 Å². The molecule has 0 aliphatic carbocycles. The molecule has 0 bridgehead atoms. The molecule has 0 aliphatic heterocycles. The third kappa shape index (κ3) is 3.88. The fourth-order valence-corrected chi connectivity index (χ4v) is 5.13. The van der Waals surface area contributed by atoms with Gasteiger partial charge >= 0.3 is 0 Å². The number of rotatable bonds is 8. The summed E-state index contributed by atoms with van der Waals surface area (Å²) in [6, 6.07) is 33.6. The highest BCUT2D eigenvalue weighted by Gasteiger charge is 2.43. The molecular formula is C29H32N4. The van der Waals surface area contributed by atoms with Crippen LogP contribution in [0.1, 0.15) is 44.5 Å². The summed E-state index contributed by atoms with van der Waals surface area (Å²) >= 11 is 0. The second-order valence-electron chi connectivity index (χ2n) is 8.20. The maximum Gasteiger partial charge on any atom is 0.0714 e. The van der Waals surface area contributed by atoms with E-state index >= 15 is 0 Å². The molecule has 33 heavy (non-hydrogen) atoms. The topological polar surface area (TPSA) is 104 Å². The Labute approximate surface area is 196 Å². The highest BCUT2D eigenvalue weighted by Crippen LogP contribution is 2.49. The largest absolute Gasteiger partial charge is 0.326 e. The van der Waals surface area contributed by atoms with Crippen molar-refractivity contribution in [3.63, 3.8) is 0 Å². The molecule has 0 saturated carbocycles. The summed E-state index contributed by atoms with van der Waals surface area (Å²) in [5.41, 5.74) is 33.4. The molecule has 0 amide bonds. The van der Waals surface area contributed by atoms with Crippen LogP contribution in [0, 0.1) is 0 Å². The summed E-state index contributed by atoms with van der Waals surface area (Å²) in [5, 5.41) is 0. The summed E-state index contributed by atoms with van der Waals surface area (Å²) in [5.74, 6) is 0. The van der Waals surface area contributed by atoms with Gasteiger partial charge in [-0.05, 0) is 44.5 Å². The lowest BCUT2D eigenvalue weighted by atomic mass is 9.61. The van der Waals surface area contributed by atoms with E-state index in [-0.39, 0.29) is 0 Å². The summed E-state index contributed by atoms with van der Waals surface area (Å²) in [6.07, 6.45) is 0. The van der Waals surface area contributed by atoms with Gasteiger partial charge in [0.25, 0.3) is 0 Å². The van der Waals surface area contributed by atoms with Crippen molar-refractivity contribution in [3.8, 4) is 0 Å². The average molecular weight is 437 g/mol. The normalized spacial score (nSPS) is 11.5. The number of hydrogen-bond donors (Lipinski definition) is 4. The van der Waals surface area contributed by atoms with E-state index in [1.807, 2.05) is 24.3 Å². The third-order valence-corrected chi connectivity index (χ3v) is 6.57. The minimum absolute atomic E-state index is 0.415. The lowest BCUT2D eigenvalue weighted by Gasteiger charge is -2.41. The van der Waals surface area contributed by atoms with Crippen molar-refractivity contribution in [2.45, 2.75) is 31.6 Å². The fraction of sp³-hybridized carbons (Fsp3) is 0.172. The molecule has 4 nitrogen and oxygen atoms in total. The van der Waals surface area contributed by atoms with Gasteiger partial charge in [0.2, 0.25) is 0 Å². The zero-order valence-electron chi connectivity index (χ0n) is 18.9. The Bertz CT molecular complexity index is 1040. The van der Waals surface area contributed by atoms with Crippen LogP contribution in [0.4, 0.5) is 0 Å². The van der Waals surface area contributed by atoms with Gasteiger partial charge in [-0.25, -0.2) is 0 Å². The van der Waals surface area contributed by atoms with Crippen molar-refractivity contribution in [1.82, 2.24) is 0 Å². The van der Waals surface area contributed by atoms with Crippen molar-refractivity contribution < 1.29 is 0 Å². The highest BCUT2D eigenvalue weighted by atomic mass is 14.6. The Hall–Kier alpha value is -3.28. The summed E-state index contributed by atoms with van der Waals surface area (Å²) < 4.78 is 0. The van der Waals surface area contributed by atoms with Crippen molar-refractivity contribution in [3.05, 3.63) is 142 Å². The lowest BCUT2D eigenvalue weighted by Crippen LogP contribution is -2.36. The van der Waals surface area contributed by atoms with Crippen LogP contribution < -0.4 is 22.9 Å². The molecule has 4 heteroatoms. The Kier molecular flexibility index (Phi) is 7.02. The molecule has 0 heterocycles. The van der Waals surface area contributed by atoms with Crippen LogP contribution in [0.3, 0.4) is 0 Å². The first-order valence-electron chi connectivity index (χ1n) is 11.4. The summed E-state index contributed by atoms with van der Waals surface area (Å²) in [6.45, 7) is 1.66. The molecule has 4 rings (SSSR count). The van der Waals surface area contributed by atoms with E-state index in [1.54, 1.807) is 0 Å². The monoisotopic (exact) mass is 436 g/mol. The SMILES string of the molecule is NCc1ccccc1C(c1ccccc1CN)(c1ccccc1CN)c1ccccc1CN. The summed E-state index contributed by atoms with van der Waals surface area (Å²) in [4.78, 5) is 0. The minimum Gasteiger partial charge on any atom is -0.326 e. The van der Waals surface area contributed by atoms with Crippen molar-refractivity contribution in [2.75, 3.05) is 0 Å². The Morgan fingerprint density at radius 1 is 0.364 bits per heavy atom. The van der Waals surface area contributed by atoms with Gasteiger partial charge < -0.3 is 22.9 Å². The van der Waals surface area contributed by atoms with Crippen LogP contribution >= 0.6 is 0 Å². The van der Waals surface area contributed by atoms with Crippen LogP contribution in [0.5, 0.6) is 0 Å². The van der Waals surface area contributed by atoms with E-state index in [9.17, 15) is 0 Å². The van der Waals surface area contributed by atoms with Gasteiger partial charge in [-0.15, -0.1) is 0 Å². The van der Waals surface area contributed by atoms with E-state index in [2.05, 4.69) is 72.8 Å². The molecule has 0 fully saturated rings. The molecule has 8 N–H and O–H groups in total. The molecule has 0 saturated heterocycles. The molecule has 0 unspecified atom stereocenters. The van der Waals surface area contributed by atoms with Gasteiger partial charge in [0.1, 0.15) is 0 Å². The first kappa shape index (κ1) is 22.9. The van der Waals surface area contributed by atoms with E-state index in [0.717, 1.165) is 44.5 Å². The molecule has 0 aromatic heterocycles. The van der Waals surface area contributed by atoms with Gasteiger partial charge in [-0.1, -0.05) is 97.1 Å². The third-order valence-electron chi connectivity index (χ3n) is 6.57. The zero-order valence-corrected chi connectivity index (χ0v) is 18.9. The number of nitrogens with two attached hydrogens (primary N) is 4. The highest BCUT2D eigenvalue weighted by molar-refractivity contribution is 5.66. The van der Waals surface area contributed by atoms with Gasteiger partial charge in [0.15, 0.2) is 0 Å².